The first-order valence-electron chi connectivity index (χ1n) is 8.00. The molecule has 0 spiro atoms. The highest BCUT2D eigenvalue weighted by Crippen LogP contribution is 2.18. The van der Waals surface area contributed by atoms with Gasteiger partial charge in [-0.2, -0.15) is 0 Å². The predicted octanol–water partition coefficient (Wildman–Crippen LogP) is 4.08. The molecule has 2 rings (SSSR count). The third-order valence-electron chi connectivity index (χ3n) is 3.36. The van der Waals surface area contributed by atoms with Crippen LogP contribution in [-0.2, 0) is 22.6 Å². The Balaban J connectivity index is 1.94. The van der Waals surface area contributed by atoms with Crippen LogP contribution in [0.15, 0.2) is 54.6 Å². The summed E-state index contributed by atoms with van der Waals surface area (Å²) in [6, 6.07) is 17.4. The highest BCUT2D eigenvalue weighted by molar-refractivity contribution is 5.72. The molecular formula is C20H24O4. The van der Waals surface area contributed by atoms with Gasteiger partial charge in [-0.1, -0.05) is 42.5 Å². The van der Waals surface area contributed by atoms with E-state index < -0.39 is 17.7 Å². The van der Waals surface area contributed by atoms with Gasteiger partial charge in [0.1, 0.15) is 12.4 Å². The second kappa shape index (κ2) is 7.97. The van der Waals surface area contributed by atoms with E-state index in [2.05, 4.69) is 0 Å². The largest absolute Gasteiger partial charge is 0.489 e. The first kappa shape index (κ1) is 18.0. The van der Waals surface area contributed by atoms with Gasteiger partial charge in [0, 0.05) is 6.42 Å². The van der Waals surface area contributed by atoms with Gasteiger partial charge >= 0.3 is 5.97 Å². The average molecular weight is 328 g/mol. The molecule has 1 atom stereocenters. The number of carboxylic acids is 1. The second-order valence-electron chi connectivity index (χ2n) is 6.68. The van der Waals surface area contributed by atoms with E-state index in [1.807, 2.05) is 75.4 Å². The number of aliphatic carboxylic acids is 1. The van der Waals surface area contributed by atoms with Crippen LogP contribution in [0.25, 0.3) is 0 Å². The molecule has 4 nitrogen and oxygen atoms in total. The van der Waals surface area contributed by atoms with Crippen LogP contribution >= 0.6 is 0 Å². The number of rotatable bonds is 7. The lowest BCUT2D eigenvalue weighted by Crippen LogP contribution is -2.34. The summed E-state index contributed by atoms with van der Waals surface area (Å²) in [5, 5.41) is 9.31. The fourth-order valence-corrected chi connectivity index (χ4v) is 2.28. The number of hydrogen-bond acceptors (Lipinski definition) is 3. The van der Waals surface area contributed by atoms with E-state index in [1.54, 1.807) is 0 Å². The van der Waals surface area contributed by atoms with E-state index in [-0.39, 0.29) is 0 Å². The molecule has 0 bridgehead atoms. The van der Waals surface area contributed by atoms with E-state index >= 15 is 0 Å². The number of benzene rings is 2. The SMILES string of the molecule is CC(C)(C)OC(Cc1ccc(OCc2ccccc2)cc1)C(=O)O. The quantitative estimate of drug-likeness (QED) is 0.832. The first-order chi connectivity index (χ1) is 11.3. The maximum absolute atomic E-state index is 11.4. The maximum Gasteiger partial charge on any atom is 0.333 e. The summed E-state index contributed by atoms with van der Waals surface area (Å²) < 4.78 is 11.3. The van der Waals surface area contributed by atoms with Gasteiger partial charge in [-0.25, -0.2) is 4.79 Å². The second-order valence-corrected chi connectivity index (χ2v) is 6.68. The molecular weight excluding hydrogens is 304 g/mol. The zero-order chi connectivity index (χ0) is 17.6. The van der Waals surface area contributed by atoms with Crippen molar-refractivity contribution >= 4 is 5.97 Å². The Hall–Kier alpha value is -2.33. The third kappa shape index (κ3) is 6.05. The summed E-state index contributed by atoms with van der Waals surface area (Å²) in [7, 11) is 0. The van der Waals surface area contributed by atoms with Gasteiger partial charge in [0.05, 0.1) is 5.60 Å². The van der Waals surface area contributed by atoms with Crippen molar-refractivity contribution in [2.24, 2.45) is 0 Å². The van der Waals surface area contributed by atoms with E-state index in [1.165, 1.54) is 0 Å². The highest BCUT2D eigenvalue weighted by Gasteiger charge is 2.25. The van der Waals surface area contributed by atoms with Crippen LogP contribution in [0.4, 0.5) is 0 Å². The minimum Gasteiger partial charge on any atom is -0.489 e. The molecule has 0 saturated heterocycles. The van der Waals surface area contributed by atoms with Gasteiger partial charge < -0.3 is 14.6 Å². The summed E-state index contributed by atoms with van der Waals surface area (Å²) >= 11 is 0. The van der Waals surface area contributed by atoms with Crippen molar-refractivity contribution in [3.05, 3.63) is 65.7 Å². The van der Waals surface area contributed by atoms with E-state index in [4.69, 9.17) is 9.47 Å². The molecule has 1 unspecified atom stereocenters. The Morgan fingerprint density at radius 3 is 2.17 bits per heavy atom. The molecule has 128 valence electrons. The smallest absolute Gasteiger partial charge is 0.333 e. The average Bonchev–Trinajstić information content (AvgIpc) is 2.53. The lowest BCUT2D eigenvalue weighted by atomic mass is 10.1. The maximum atomic E-state index is 11.4. The monoisotopic (exact) mass is 328 g/mol. The highest BCUT2D eigenvalue weighted by atomic mass is 16.5. The van der Waals surface area contributed by atoms with Crippen molar-refractivity contribution in [3.8, 4) is 5.75 Å². The van der Waals surface area contributed by atoms with Crippen LogP contribution in [0.1, 0.15) is 31.9 Å². The molecule has 2 aromatic carbocycles. The van der Waals surface area contributed by atoms with Crippen molar-refractivity contribution in [1.82, 2.24) is 0 Å². The molecule has 4 heteroatoms. The van der Waals surface area contributed by atoms with Gasteiger partial charge in [0.15, 0.2) is 6.10 Å². The Morgan fingerprint density at radius 1 is 1.00 bits per heavy atom. The Kier molecular flexibility index (Phi) is 5.99. The fourth-order valence-electron chi connectivity index (χ4n) is 2.28. The van der Waals surface area contributed by atoms with Gasteiger partial charge in [-0.3, -0.25) is 0 Å². The number of carboxylic acid groups (broad SMARTS) is 1. The molecule has 0 fully saturated rings. The molecule has 0 aromatic heterocycles. The van der Waals surface area contributed by atoms with Crippen LogP contribution < -0.4 is 4.74 Å². The minimum atomic E-state index is -0.950. The van der Waals surface area contributed by atoms with Gasteiger partial charge in [-0.15, -0.1) is 0 Å². The van der Waals surface area contributed by atoms with Crippen molar-refractivity contribution in [2.45, 2.75) is 45.5 Å². The van der Waals surface area contributed by atoms with Crippen LogP contribution in [0.5, 0.6) is 5.75 Å². The van der Waals surface area contributed by atoms with Gasteiger partial charge in [-0.05, 0) is 44.0 Å². The summed E-state index contributed by atoms with van der Waals surface area (Å²) in [5.41, 5.74) is 1.51. The summed E-state index contributed by atoms with van der Waals surface area (Å²) in [5.74, 6) is -0.194. The molecule has 1 N–H and O–H groups in total. The van der Waals surface area contributed by atoms with Crippen molar-refractivity contribution in [2.75, 3.05) is 0 Å². The van der Waals surface area contributed by atoms with Crippen molar-refractivity contribution in [3.63, 3.8) is 0 Å². The topological polar surface area (TPSA) is 55.8 Å². The number of hydrogen-bond donors (Lipinski definition) is 1. The standard InChI is InChI=1S/C20H24O4/c1-20(2,3)24-18(19(21)22)13-15-9-11-17(12-10-15)23-14-16-7-5-4-6-8-16/h4-12,18H,13-14H2,1-3H3,(H,21,22). The molecule has 2 aromatic rings. The summed E-state index contributed by atoms with van der Waals surface area (Å²) in [6.45, 7) is 6.06. The number of ether oxygens (including phenoxy) is 2. The Labute approximate surface area is 143 Å². The molecule has 0 aliphatic rings. The third-order valence-corrected chi connectivity index (χ3v) is 3.36. The number of carbonyl (C=O) groups is 1. The molecule has 0 aliphatic carbocycles. The molecule has 0 saturated carbocycles. The van der Waals surface area contributed by atoms with Gasteiger partial charge in [0.25, 0.3) is 0 Å². The lowest BCUT2D eigenvalue weighted by molar-refractivity contribution is -0.159. The Bertz CT molecular complexity index is 642. The van der Waals surface area contributed by atoms with E-state index in [0.717, 1.165) is 16.9 Å². The zero-order valence-corrected chi connectivity index (χ0v) is 14.4. The van der Waals surface area contributed by atoms with Gasteiger partial charge in [0.2, 0.25) is 0 Å². The van der Waals surface area contributed by atoms with E-state index in [0.29, 0.717) is 13.0 Å². The Morgan fingerprint density at radius 2 is 1.62 bits per heavy atom. The van der Waals surface area contributed by atoms with Crippen LogP contribution in [0, 0.1) is 0 Å². The normalized spacial score (nSPS) is 12.6. The van der Waals surface area contributed by atoms with Crippen molar-refractivity contribution < 1.29 is 19.4 Å². The molecule has 0 amide bonds. The predicted molar refractivity (Wildman–Crippen MR) is 93.2 cm³/mol. The molecule has 24 heavy (non-hydrogen) atoms. The van der Waals surface area contributed by atoms with E-state index in [9.17, 15) is 9.90 Å². The lowest BCUT2D eigenvalue weighted by Gasteiger charge is -2.25. The summed E-state index contributed by atoms with van der Waals surface area (Å²) in [6.07, 6.45) is -0.535. The van der Waals surface area contributed by atoms with Crippen molar-refractivity contribution in [1.29, 1.82) is 0 Å². The van der Waals surface area contributed by atoms with Crippen LogP contribution in [-0.4, -0.2) is 22.8 Å². The fraction of sp³-hybridized carbons (Fsp3) is 0.350. The molecule has 0 aliphatic heterocycles. The first-order valence-corrected chi connectivity index (χ1v) is 8.00. The minimum absolute atomic E-state index is 0.325. The zero-order valence-electron chi connectivity index (χ0n) is 14.4. The van der Waals surface area contributed by atoms with Crippen LogP contribution in [0.2, 0.25) is 0 Å². The van der Waals surface area contributed by atoms with Crippen LogP contribution in [0.3, 0.4) is 0 Å². The molecule has 0 heterocycles. The molecule has 0 radical (unpaired) electrons. The summed E-state index contributed by atoms with van der Waals surface area (Å²) in [4.78, 5) is 11.4.